The van der Waals surface area contributed by atoms with E-state index in [1.54, 1.807) is 18.2 Å². The quantitative estimate of drug-likeness (QED) is 0.781. The van der Waals surface area contributed by atoms with E-state index < -0.39 is 0 Å². The summed E-state index contributed by atoms with van der Waals surface area (Å²) in [7, 11) is 1.49. The SMILES string of the molecule is CC.COc1ccc(-c2cc(C)no2)nc1C=O. The second kappa shape index (κ2) is 6.54. The Bertz CT molecular complexity index is 521. The second-order valence-corrected chi connectivity index (χ2v) is 3.23. The molecule has 96 valence electrons. The van der Waals surface area contributed by atoms with Gasteiger partial charge < -0.3 is 9.26 Å². The first-order chi connectivity index (χ1) is 8.74. The molecule has 0 aliphatic carbocycles. The molecule has 0 N–H and O–H groups in total. The van der Waals surface area contributed by atoms with Crippen molar-refractivity contribution in [2.24, 2.45) is 0 Å². The monoisotopic (exact) mass is 248 g/mol. The zero-order valence-corrected chi connectivity index (χ0v) is 10.9. The maximum absolute atomic E-state index is 10.8. The summed E-state index contributed by atoms with van der Waals surface area (Å²) in [6, 6.07) is 5.14. The molecular formula is C13H16N2O3. The molecule has 0 atom stereocenters. The minimum Gasteiger partial charge on any atom is -0.494 e. The molecule has 0 bridgehead atoms. The summed E-state index contributed by atoms with van der Waals surface area (Å²) >= 11 is 0. The fourth-order valence-electron chi connectivity index (χ4n) is 1.34. The van der Waals surface area contributed by atoms with Crippen LogP contribution in [0.3, 0.4) is 0 Å². The van der Waals surface area contributed by atoms with Crippen molar-refractivity contribution >= 4 is 6.29 Å². The van der Waals surface area contributed by atoms with Gasteiger partial charge in [0.15, 0.2) is 12.0 Å². The number of ether oxygens (including phenoxy) is 1. The highest BCUT2D eigenvalue weighted by Gasteiger charge is 2.10. The van der Waals surface area contributed by atoms with Crippen LogP contribution >= 0.6 is 0 Å². The van der Waals surface area contributed by atoms with Crippen molar-refractivity contribution in [3.8, 4) is 17.2 Å². The van der Waals surface area contributed by atoms with Crippen LogP contribution in [0.15, 0.2) is 22.7 Å². The molecule has 18 heavy (non-hydrogen) atoms. The Balaban J connectivity index is 0.000000771. The number of hydrogen-bond acceptors (Lipinski definition) is 5. The van der Waals surface area contributed by atoms with Crippen LogP contribution in [0, 0.1) is 6.92 Å². The number of carbonyl (C=O) groups excluding carboxylic acids is 1. The van der Waals surface area contributed by atoms with Crippen LogP contribution in [0.5, 0.6) is 5.75 Å². The molecule has 0 amide bonds. The van der Waals surface area contributed by atoms with Crippen LogP contribution in [-0.4, -0.2) is 23.5 Å². The lowest BCUT2D eigenvalue weighted by atomic mass is 10.2. The van der Waals surface area contributed by atoms with Crippen molar-refractivity contribution in [2.75, 3.05) is 7.11 Å². The summed E-state index contributed by atoms with van der Waals surface area (Å²) in [6.07, 6.45) is 0.644. The smallest absolute Gasteiger partial charge is 0.185 e. The van der Waals surface area contributed by atoms with Crippen molar-refractivity contribution in [3.05, 3.63) is 29.6 Å². The van der Waals surface area contributed by atoms with Crippen molar-refractivity contribution in [1.82, 2.24) is 10.1 Å². The lowest BCUT2D eigenvalue weighted by molar-refractivity contribution is 0.111. The molecule has 0 aromatic carbocycles. The molecule has 0 radical (unpaired) electrons. The third-order valence-electron chi connectivity index (χ3n) is 2.10. The zero-order chi connectivity index (χ0) is 13.5. The van der Waals surface area contributed by atoms with Crippen LogP contribution in [0.4, 0.5) is 0 Å². The lowest BCUT2D eigenvalue weighted by Gasteiger charge is -2.03. The minimum absolute atomic E-state index is 0.244. The molecule has 0 unspecified atom stereocenters. The number of nitrogens with zero attached hydrogens (tertiary/aromatic N) is 2. The topological polar surface area (TPSA) is 65.2 Å². The lowest BCUT2D eigenvalue weighted by Crippen LogP contribution is -1.95. The maximum atomic E-state index is 10.8. The molecule has 0 spiro atoms. The van der Waals surface area contributed by atoms with E-state index in [1.165, 1.54) is 7.11 Å². The summed E-state index contributed by atoms with van der Waals surface area (Å²) in [5, 5.41) is 3.76. The highest BCUT2D eigenvalue weighted by molar-refractivity contribution is 5.77. The summed E-state index contributed by atoms with van der Waals surface area (Å²) in [5.41, 5.74) is 1.57. The number of aromatic nitrogens is 2. The highest BCUT2D eigenvalue weighted by atomic mass is 16.5. The molecule has 0 aliphatic rings. The first-order valence-corrected chi connectivity index (χ1v) is 5.68. The van der Waals surface area contributed by atoms with Gasteiger partial charge in [-0.15, -0.1) is 0 Å². The average molecular weight is 248 g/mol. The Hall–Kier alpha value is -2.17. The number of aryl methyl sites for hydroxylation is 1. The standard InChI is InChI=1S/C11H10N2O3.C2H6/c1-7-5-11(16-13-7)8-3-4-10(15-2)9(6-14)12-8;1-2/h3-6H,1-2H3;1-2H3. The van der Waals surface area contributed by atoms with Crippen molar-refractivity contribution in [2.45, 2.75) is 20.8 Å². The molecule has 0 fully saturated rings. The van der Waals surface area contributed by atoms with Crippen LogP contribution in [0.25, 0.3) is 11.5 Å². The number of methoxy groups -OCH3 is 1. The third-order valence-corrected chi connectivity index (χ3v) is 2.10. The van der Waals surface area contributed by atoms with Gasteiger partial charge in [-0.1, -0.05) is 19.0 Å². The predicted octanol–water partition coefficient (Wildman–Crippen LogP) is 2.89. The van der Waals surface area contributed by atoms with Gasteiger partial charge in [0.25, 0.3) is 0 Å². The predicted molar refractivity (Wildman–Crippen MR) is 67.8 cm³/mol. The van der Waals surface area contributed by atoms with Crippen LogP contribution in [-0.2, 0) is 0 Å². The number of rotatable bonds is 3. The Kier molecular flexibility index (Phi) is 5.05. The highest BCUT2D eigenvalue weighted by Crippen LogP contribution is 2.22. The molecule has 5 heteroatoms. The van der Waals surface area contributed by atoms with E-state index >= 15 is 0 Å². The minimum atomic E-state index is 0.244. The fraction of sp³-hybridized carbons (Fsp3) is 0.308. The number of aldehydes is 1. The van der Waals surface area contributed by atoms with Crippen LogP contribution in [0.1, 0.15) is 30.0 Å². The van der Waals surface area contributed by atoms with E-state index in [0.717, 1.165) is 5.69 Å². The summed E-state index contributed by atoms with van der Waals surface area (Å²) < 4.78 is 10.0. The second-order valence-electron chi connectivity index (χ2n) is 3.23. The van der Waals surface area contributed by atoms with Gasteiger partial charge in [0.2, 0.25) is 0 Å². The van der Waals surface area contributed by atoms with E-state index in [9.17, 15) is 4.79 Å². The molecule has 0 saturated carbocycles. The molecule has 2 aromatic rings. The summed E-state index contributed by atoms with van der Waals surface area (Å²) in [4.78, 5) is 14.9. The molecule has 0 aliphatic heterocycles. The number of hydrogen-bond donors (Lipinski definition) is 0. The van der Waals surface area contributed by atoms with E-state index in [-0.39, 0.29) is 5.69 Å². The van der Waals surface area contributed by atoms with Gasteiger partial charge in [0.1, 0.15) is 17.1 Å². The Morgan fingerprint density at radius 2 is 2.06 bits per heavy atom. The van der Waals surface area contributed by atoms with Gasteiger partial charge in [0, 0.05) is 6.07 Å². The normalized spacial score (nSPS) is 9.33. The maximum Gasteiger partial charge on any atom is 0.185 e. The van der Waals surface area contributed by atoms with Crippen molar-refractivity contribution in [3.63, 3.8) is 0 Å². The summed E-state index contributed by atoms with van der Waals surface area (Å²) in [6.45, 7) is 5.82. The third kappa shape index (κ3) is 2.94. The van der Waals surface area contributed by atoms with Gasteiger partial charge in [-0.2, -0.15) is 0 Å². The summed E-state index contributed by atoms with van der Waals surface area (Å²) in [5.74, 6) is 0.971. The van der Waals surface area contributed by atoms with Crippen LogP contribution in [0.2, 0.25) is 0 Å². The van der Waals surface area contributed by atoms with E-state index in [0.29, 0.717) is 23.5 Å². The van der Waals surface area contributed by atoms with E-state index in [1.807, 2.05) is 20.8 Å². The first-order valence-electron chi connectivity index (χ1n) is 5.68. The Morgan fingerprint density at radius 3 is 2.56 bits per heavy atom. The van der Waals surface area contributed by atoms with E-state index in [4.69, 9.17) is 9.26 Å². The number of pyridine rings is 1. The van der Waals surface area contributed by atoms with Crippen molar-refractivity contribution < 1.29 is 14.1 Å². The van der Waals surface area contributed by atoms with Gasteiger partial charge in [0.05, 0.1) is 12.8 Å². The Morgan fingerprint density at radius 1 is 1.33 bits per heavy atom. The molecule has 2 rings (SSSR count). The molecule has 2 aromatic heterocycles. The number of carbonyl (C=O) groups is 1. The van der Waals surface area contributed by atoms with Gasteiger partial charge in [-0.25, -0.2) is 4.98 Å². The molecule has 5 nitrogen and oxygen atoms in total. The van der Waals surface area contributed by atoms with Crippen molar-refractivity contribution in [1.29, 1.82) is 0 Å². The van der Waals surface area contributed by atoms with Gasteiger partial charge in [-0.05, 0) is 19.1 Å². The average Bonchev–Trinajstić information content (AvgIpc) is 2.87. The van der Waals surface area contributed by atoms with E-state index in [2.05, 4.69) is 10.1 Å². The Labute approximate surface area is 106 Å². The molecule has 0 saturated heterocycles. The first kappa shape index (κ1) is 13.9. The van der Waals surface area contributed by atoms with Gasteiger partial charge >= 0.3 is 0 Å². The van der Waals surface area contributed by atoms with Gasteiger partial charge in [-0.3, -0.25) is 4.79 Å². The molecular weight excluding hydrogens is 232 g/mol. The fourth-order valence-corrected chi connectivity index (χ4v) is 1.34. The van der Waals surface area contributed by atoms with Crippen LogP contribution < -0.4 is 4.74 Å². The molecule has 2 heterocycles. The largest absolute Gasteiger partial charge is 0.494 e. The zero-order valence-electron chi connectivity index (χ0n) is 10.9.